The summed E-state index contributed by atoms with van der Waals surface area (Å²) in [6, 6.07) is 8.03. The van der Waals surface area contributed by atoms with E-state index in [1.54, 1.807) is 21.9 Å². The van der Waals surface area contributed by atoms with Gasteiger partial charge in [0.2, 0.25) is 5.91 Å². The summed E-state index contributed by atoms with van der Waals surface area (Å²) in [5.41, 5.74) is 3.53. The van der Waals surface area contributed by atoms with Crippen molar-refractivity contribution in [3.05, 3.63) is 61.5 Å². The van der Waals surface area contributed by atoms with Crippen molar-refractivity contribution in [2.75, 3.05) is 44.6 Å². The van der Waals surface area contributed by atoms with E-state index in [9.17, 15) is 24.3 Å². The van der Waals surface area contributed by atoms with Crippen LogP contribution in [0.25, 0.3) is 0 Å². The number of benzene rings is 2. The van der Waals surface area contributed by atoms with Gasteiger partial charge in [-0.05, 0) is 99.5 Å². The van der Waals surface area contributed by atoms with Gasteiger partial charge in [0.05, 0.1) is 5.56 Å². The third kappa shape index (κ3) is 7.83. The fourth-order valence-electron chi connectivity index (χ4n) is 7.53. The minimum Gasteiger partial charge on any atom is -0.478 e. The van der Waals surface area contributed by atoms with Gasteiger partial charge >= 0.3 is 18.0 Å². The molecule has 11 nitrogen and oxygen atoms in total. The first-order valence-electron chi connectivity index (χ1n) is 17.0. The molecule has 0 aromatic heterocycles. The van der Waals surface area contributed by atoms with Crippen LogP contribution in [0.2, 0.25) is 0 Å². The molecule has 4 aliphatic heterocycles. The van der Waals surface area contributed by atoms with Crippen LogP contribution >= 0.6 is 31.9 Å². The topological polar surface area (TPSA) is 126 Å². The van der Waals surface area contributed by atoms with Crippen LogP contribution in [0.1, 0.15) is 72.0 Å². The number of rotatable bonds is 7. The molecule has 1 atom stereocenters. The van der Waals surface area contributed by atoms with Gasteiger partial charge in [0.15, 0.2) is 0 Å². The maximum Gasteiger partial charge on any atom is 0.335 e. The van der Waals surface area contributed by atoms with Crippen molar-refractivity contribution in [2.24, 2.45) is 0 Å². The second-order valence-corrected chi connectivity index (χ2v) is 15.2. The highest BCUT2D eigenvalue weighted by Crippen LogP contribution is 2.30. The first-order chi connectivity index (χ1) is 23.1. The van der Waals surface area contributed by atoms with Gasteiger partial charge in [0.25, 0.3) is 0 Å². The van der Waals surface area contributed by atoms with Crippen molar-refractivity contribution in [3.63, 3.8) is 0 Å². The zero-order chi connectivity index (χ0) is 33.9. The van der Waals surface area contributed by atoms with Crippen molar-refractivity contribution in [1.82, 2.24) is 24.9 Å². The fourth-order valence-corrected chi connectivity index (χ4v) is 8.81. The molecule has 0 saturated carbocycles. The Bertz CT molecular complexity index is 1530. The molecule has 4 aliphatic rings. The van der Waals surface area contributed by atoms with Crippen LogP contribution < -0.4 is 10.6 Å². The highest BCUT2D eigenvalue weighted by Gasteiger charge is 2.36. The molecule has 3 fully saturated rings. The molecule has 3 N–H and O–H groups in total. The highest BCUT2D eigenvalue weighted by molar-refractivity contribution is 9.11. The molecule has 3 saturated heterocycles. The van der Waals surface area contributed by atoms with Gasteiger partial charge in [-0.25, -0.2) is 14.4 Å². The summed E-state index contributed by atoms with van der Waals surface area (Å²) in [4.78, 5) is 60.2. The lowest BCUT2D eigenvalue weighted by Crippen LogP contribution is -2.57. The molecular formula is C35H44Br2N6O5. The number of nitrogens with one attached hydrogen (secondary N) is 2. The number of nitrogens with zero attached hydrogens (tertiary/aromatic N) is 4. The average Bonchev–Trinajstić information content (AvgIpc) is 3.10. The van der Waals surface area contributed by atoms with Crippen LogP contribution in [-0.4, -0.2) is 106 Å². The predicted octanol–water partition coefficient (Wildman–Crippen LogP) is 5.83. The van der Waals surface area contributed by atoms with Crippen LogP contribution in [0.3, 0.4) is 0 Å². The van der Waals surface area contributed by atoms with E-state index in [-0.39, 0.29) is 29.6 Å². The van der Waals surface area contributed by atoms with E-state index in [0.29, 0.717) is 63.7 Å². The molecule has 0 bridgehead atoms. The first kappa shape index (κ1) is 34.7. The lowest BCUT2D eigenvalue weighted by atomic mass is 9.98. The van der Waals surface area contributed by atoms with Gasteiger partial charge in [0, 0.05) is 65.9 Å². The van der Waals surface area contributed by atoms with Gasteiger partial charge < -0.3 is 35.3 Å². The molecule has 258 valence electrons. The molecule has 5 amide bonds. The zero-order valence-corrected chi connectivity index (χ0v) is 30.5. The van der Waals surface area contributed by atoms with Crippen LogP contribution in [0.15, 0.2) is 39.3 Å². The minimum atomic E-state index is -1.04. The second kappa shape index (κ2) is 15.2. The fraction of sp³-hybridized carbons (Fsp3) is 0.543. The standard InChI is InChI=1S/C35H44Br2N6O5/c1-22-28(36)17-23(18-29(22)37)19-31(32(44)41-13-7-26(8-14-41)40-11-3-2-4-12-40)39-34(47)42-15-9-27(10-16-42)43-21-25-6-5-24(33(45)46)20-30(25)38-35(43)48/h5-6,17-18,20,26-27,31H,2-4,7-16,19,21H2,1H3,(H,38,48)(H,39,47)(H,45,46)/t31-/m1/s1. The molecule has 0 aliphatic carbocycles. The average molecular weight is 789 g/mol. The number of fused-ring (bicyclic) bond motifs is 1. The van der Waals surface area contributed by atoms with Crippen LogP contribution in [-0.2, 0) is 17.8 Å². The number of halogens is 2. The second-order valence-electron chi connectivity index (χ2n) is 13.5. The number of carbonyl (C=O) groups is 4. The van der Waals surface area contributed by atoms with Crippen LogP contribution in [0.4, 0.5) is 15.3 Å². The van der Waals surface area contributed by atoms with Crippen molar-refractivity contribution in [2.45, 2.75) is 83.0 Å². The van der Waals surface area contributed by atoms with E-state index < -0.39 is 12.0 Å². The molecule has 6 rings (SSSR count). The summed E-state index contributed by atoms with van der Waals surface area (Å²) >= 11 is 7.27. The van der Waals surface area contributed by atoms with E-state index in [1.165, 1.54) is 25.3 Å². The summed E-state index contributed by atoms with van der Waals surface area (Å²) in [5.74, 6) is -1.08. The Morgan fingerprint density at radius 1 is 0.896 bits per heavy atom. The van der Waals surface area contributed by atoms with E-state index >= 15 is 0 Å². The number of hydrogen-bond acceptors (Lipinski definition) is 5. The summed E-state index contributed by atoms with van der Waals surface area (Å²) in [6.45, 7) is 6.98. The largest absolute Gasteiger partial charge is 0.478 e. The number of carboxylic acid groups (broad SMARTS) is 1. The van der Waals surface area contributed by atoms with Gasteiger partial charge in [0.1, 0.15) is 6.04 Å². The number of aromatic carboxylic acids is 1. The molecule has 48 heavy (non-hydrogen) atoms. The lowest BCUT2D eigenvalue weighted by Gasteiger charge is -2.42. The Hall–Kier alpha value is -3.16. The first-order valence-corrected chi connectivity index (χ1v) is 18.6. The maximum atomic E-state index is 14.1. The van der Waals surface area contributed by atoms with Crippen LogP contribution in [0, 0.1) is 6.92 Å². The van der Waals surface area contributed by atoms with Crippen molar-refractivity contribution in [1.29, 1.82) is 0 Å². The van der Waals surface area contributed by atoms with E-state index in [2.05, 4.69) is 47.4 Å². The molecule has 2 aromatic rings. The lowest BCUT2D eigenvalue weighted by molar-refractivity contribution is -0.135. The summed E-state index contributed by atoms with van der Waals surface area (Å²) in [5, 5.41) is 15.2. The van der Waals surface area contributed by atoms with Gasteiger partial charge in [-0.2, -0.15) is 0 Å². The number of likely N-dealkylation sites (tertiary alicyclic amines) is 3. The SMILES string of the molecule is Cc1c(Br)cc(C[C@@H](NC(=O)N2CCC(N3Cc4ccc(C(=O)O)cc4NC3=O)CC2)C(=O)N2CCC(N3CCCCC3)CC2)cc1Br. The zero-order valence-electron chi connectivity index (χ0n) is 27.4. The van der Waals surface area contributed by atoms with E-state index in [0.717, 1.165) is 51.6 Å². The van der Waals surface area contributed by atoms with Gasteiger partial charge in [-0.1, -0.05) is 44.3 Å². The molecule has 0 radical (unpaired) electrons. The smallest absolute Gasteiger partial charge is 0.335 e. The van der Waals surface area contributed by atoms with Gasteiger partial charge in [-0.15, -0.1) is 0 Å². The molecule has 13 heteroatoms. The molecule has 2 aromatic carbocycles. The van der Waals surface area contributed by atoms with Crippen molar-refractivity contribution >= 4 is 61.5 Å². The maximum absolute atomic E-state index is 14.1. The third-order valence-corrected chi connectivity index (χ3v) is 12.1. The van der Waals surface area contributed by atoms with Crippen LogP contribution in [0.5, 0.6) is 0 Å². The summed E-state index contributed by atoms with van der Waals surface area (Å²) in [6.07, 6.45) is 7.29. The summed E-state index contributed by atoms with van der Waals surface area (Å²) in [7, 11) is 0. The summed E-state index contributed by atoms with van der Waals surface area (Å²) < 4.78 is 1.89. The Morgan fingerprint density at radius 2 is 1.52 bits per heavy atom. The Kier molecular flexibility index (Phi) is 11.0. The molecule has 0 spiro atoms. The number of anilines is 1. The number of carbonyl (C=O) groups excluding carboxylic acids is 3. The number of piperidine rings is 3. The molecular weight excluding hydrogens is 744 g/mol. The van der Waals surface area contributed by atoms with Crippen molar-refractivity contribution in [3.8, 4) is 0 Å². The molecule has 4 heterocycles. The Labute approximate surface area is 298 Å². The van der Waals surface area contributed by atoms with E-state index in [4.69, 9.17) is 0 Å². The van der Waals surface area contributed by atoms with Crippen molar-refractivity contribution < 1.29 is 24.3 Å². The molecule has 0 unspecified atom stereocenters. The predicted molar refractivity (Wildman–Crippen MR) is 190 cm³/mol. The Morgan fingerprint density at radius 3 is 2.17 bits per heavy atom. The third-order valence-electron chi connectivity index (χ3n) is 10.5. The highest BCUT2D eigenvalue weighted by atomic mass is 79.9. The van der Waals surface area contributed by atoms with E-state index in [1.807, 2.05) is 24.0 Å². The number of amides is 5. The monoisotopic (exact) mass is 786 g/mol. The number of hydrogen-bond donors (Lipinski definition) is 3. The number of carboxylic acids is 1. The Balaban J connectivity index is 1.09. The normalized spacial score (nSPS) is 20.2. The minimum absolute atomic E-state index is 0.0436. The number of urea groups is 2. The van der Waals surface area contributed by atoms with Gasteiger partial charge in [-0.3, -0.25) is 4.79 Å². The quantitative estimate of drug-likeness (QED) is 0.325.